The molecule has 2 aromatic rings. The first kappa shape index (κ1) is 17.4. The van der Waals surface area contributed by atoms with Gasteiger partial charge < -0.3 is 9.47 Å². The second-order valence-corrected chi connectivity index (χ2v) is 5.30. The highest BCUT2D eigenvalue weighted by molar-refractivity contribution is 6.11. The van der Waals surface area contributed by atoms with E-state index in [0.29, 0.717) is 11.1 Å². The molecule has 0 radical (unpaired) electrons. The van der Waals surface area contributed by atoms with Crippen molar-refractivity contribution in [3.8, 4) is 5.75 Å². The molecule has 5 heteroatoms. The van der Waals surface area contributed by atoms with Gasteiger partial charge >= 0.3 is 11.9 Å². The fourth-order valence-electron chi connectivity index (χ4n) is 2.28. The Bertz CT molecular complexity index is 765. The zero-order valence-electron chi connectivity index (χ0n) is 13.7. The minimum atomic E-state index is -0.517. The van der Waals surface area contributed by atoms with Crippen molar-refractivity contribution in [1.29, 1.82) is 0 Å². The Hall–Kier alpha value is -2.95. The summed E-state index contributed by atoms with van der Waals surface area (Å²) in [5.41, 5.74) is 1.36. The third kappa shape index (κ3) is 4.29. The van der Waals surface area contributed by atoms with Gasteiger partial charge in [-0.3, -0.25) is 14.4 Å². The molecule has 1 unspecified atom stereocenters. The first-order valence-corrected chi connectivity index (χ1v) is 7.48. The zero-order valence-corrected chi connectivity index (χ0v) is 13.7. The van der Waals surface area contributed by atoms with Gasteiger partial charge in [0.15, 0.2) is 5.78 Å². The summed E-state index contributed by atoms with van der Waals surface area (Å²) in [4.78, 5) is 35.2. The predicted octanol–water partition coefficient (Wildman–Crippen LogP) is 3.47. The molecule has 5 nitrogen and oxygen atoms in total. The number of rotatable bonds is 5. The maximum atomic E-state index is 12.7. The van der Waals surface area contributed by atoms with Crippen molar-refractivity contribution in [2.45, 2.75) is 26.9 Å². The topological polar surface area (TPSA) is 69.7 Å². The molecule has 0 amide bonds. The highest BCUT2D eigenvalue weighted by Gasteiger charge is 2.19. The van der Waals surface area contributed by atoms with Crippen molar-refractivity contribution < 1.29 is 23.9 Å². The van der Waals surface area contributed by atoms with Gasteiger partial charge in [0.1, 0.15) is 11.9 Å². The van der Waals surface area contributed by atoms with E-state index in [1.807, 2.05) is 6.07 Å². The van der Waals surface area contributed by atoms with Crippen LogP contribution in [0.25, 0.3) is 0 Å². The van der Waals surface area contributed by atoms with Crippen molar-refractivity contribution in [2.24, 2.45) is 0 Å². The Labute approximate surface area is 140 Å². The third-order valence-corrected chi connectivity index (χ3v) is 3.35. The highest BCUT2D eigenvalue weighted by atomic mass is 16.5. The molecule has 0 saturated heterocycles. The van der Waals surface area contributed by atoms with Crippen LogP contribution in [0.15, 0.2) is 48.5 Å². The Morgan fingerprint density at radius 3 is 2.17 bits per heavy atom. The summed E-state index contributed by atoms with van der Waals surface area (Å²) >= 11 is 0. The monoisotopic (exact) mass is 326 g/mol. The van der Waals surface area contributed by atoms with Gasteiger partial charge in [0.25, 0.3) is 0 Å². The standard InChI is InChI=1S/C19H18O5/c1-12(23-13(2)20)16-9-10-18(24-14(3)21)17(11-16)19(22)15-7-5-4-6-8-15/h4-12H,1-3H3. The van der Waals surface area contributed by atoms with E-state index in [2.05, 4.69) is 0 Å². The van der Waals surface area contributed by atoms with E-state index in [1.54, 1.807) is 43.3 Å². The largest absolute Gasteiger partial charge is 0.458 e. The molecule has 0 fully saturated rings. The van der Waals surface area contributed by atoms with Gasteiger partial charge in [-0.1, -0.05) is 36.4 Å². The molecule has 0 spiro atoms. The molecule has 0 aliphatic heterocycles. The van der Waals surface area contributed by atoms with E-state index in [-0.39, 0.29) is 17.1 Å². The van der Waals surface area contributed by atoms with Gasteiger partial charge in [-0.15, -0.1) is 0 Å². The molecule has 124 valence electrons. The van der Waals surface area contributed by atoms with Crippen LogP contribution >= 0.6 is 0 Å². The number of hydrogen-bond donors (Lipinski definition) is 0. The lowest BCUT2D eigenvalue weighted by atomic mass is 9.98. The minimum Gasteiger partial charge on any atom is -0.458 e. The first-order valence-electron chi connectivity index (χ1n) is 7.48. The van der Waals surface area contributed by atoms with Gasteiger partial charge in [0.2, 0.25) is 0 Å². The van der Waals surface area contributed by atoms with E-state index < -0.39 is 18.0 Å². The van der Waals surface area contributed by atoms with E-state index >= 15 is 0 Å². The van der Waals surface area contributed by atoms with Gasteiger partial charge in [-0.2, -0.15) is 0 Å². The average molecular weight is 326 g/mol. The van der Waals surface area contributed by atoms with Gasteiger partial charge in [0, 0.05) is 19.4 Å². The van der Waals surface area contributed by atoms with Crippen LogP contribution in [0, 0.1) is 0 Å². The van der Waals surface area contributed by atoms with E-state index in [0.717, 1.165) is 0 Å². The lowest BCUT2D eigenvalue weighted by molar-refractivity contribution is -0.145. The SMILES string of the molecule is CC(=O)Oc1ccc(C(C)OC(C)=O)cc1C(=O)c1ccccc1. The van der Waals surface area contributed by atoms with Crippen LogP contribution in [0.5, 0.6) is 5.75 Å². The summed E-state index contributed by atoms with van der Waals surface area (Å²) in [6.45, 7) is 4.30. The minimum absolute atomic E-state index is 0.176. The Morgan fingerprint density at radius 2 is 1.58 bits per heavy atom. The normalized spacial score (nSPS) is 11.5. The summed E-state index contributed by atoms with van der Waals surface area (Å²) in [6.07, 6.45) is -0.517. The molecule has 0 bridgehead atoms. The summed E-state index contributed by atoms with van der Waals surface area (Å²) in [5.74, 6) is -1.03. The van der Waals surface area contributed by atoms with E-state index in [1.165, 1.54) is 19.9 Å². The maximum absolute atomic E-state index is 12.7. The molecular formula is C19H18O5. The van der Waals surface area contributed by atoms with Crippen molar-refractivity contribution in [1.82, 2.24) is 0 Å². The Kier molecular flexibility index (Phi) is 5.47. The van der Waals surface area contributed by atoms with Gasteiger partial charge in [0.05, 0.1) is 5.56 Å². The molecule has 0 heterocycles. The third-order valence-electron chi connectivity index (χ3n) is 3.35. The van der Waals surface area contributed by atoms with Crippen LogP contribution in [-0.2, 0) is 14.3 Å². The average Bonchev–Trinajstić information content (AvgIpc) is 2.54. The quantitative estimate of drug-likeness (QED) is 0.478. The van der Waals surface area contributed by atoms with Crippen molar-refractivity contribution >= 4 is 17.7 Å². The molecule has 0 aliphatic rings. The molecule has 0 saturated carbocycles. The summed E-state index contributed by atoms with van der Waals surface area (Å²) in [7, 11) is 0. The second kappa shape index (κ2) is 7.55. The van der Waals surface area contributed by atoms with Gasteiger partial charge in [-0.05, 0) is 24.6 Å². The Morgan fingerprint density at radius 1 is 0.917 bits per heavy atom. The molecule has 2 aromatic carbocycles. The molecule has 0 aliphatic carbocycles. The lowest BCUT2D eigenvalue weighted by Crippen LogP contribution is -2.11. The number of carbonyl (C=O) groups is 3. The molecule has 0 aromatic heterocycles. The van der Waals surface area contributed by atoms with E-state index in [9.17, 15) is 14.4 Å². The van der Waals surface area contributed by atoms with Crippen molar-refractivity contribution in [3.05, 3.63) is 65.2 Å². The Balaban J connectivity index is 2.46. The summed E-state index contributed by atoms with van der Waals surface area (Å²) < 4.78 is 10.3. The summed E-state index contributed by atoms with van der Waals surface area (Å²) in [5, 5.41) is 0. The fourth-order valence-corrected chi connectivity index (χ4v) is 2.28. The number of carbonyl (C=O) groups excluding carboxylic acids is 3. The van der Waals surface area contributed by atoms with Crippen LogP contribution in [0.1, 0.15) is 48.4 Å². The van der Waals surface area contributed by atoms with Crippen LogP contribution in [0.4, 0.5) is 0 Å². The van der Waals surface area contributed by atoms with Crippen LogP contribution < -0.4 is 4.74 Å². The second-order valence-electron chi connectivity index (χ2n) is 5.30. The number of ketones is 1. The summed E-state index contributed by atoms with van der Waals surface area (Å²) in [6, 6.07) is 13.5. The van der Waals surface area contributed by atoms with Crippen LogP contribution in [0.2, 0.25) is 0 Å². The molecule has 1 atom stereocenters. The predicted molar refractivity (Wildman–Crippen MR) is 87.8 cm³/mol. The smallest absolute Gasteiger partial charge is 0.308 e. The molecular weight excluding hydrogens is 308 g/mol. The van der Waals surface area contributed by atoms with Crippen LogP contribution in [0.3, 0.4) is 0 Å². The van der Waals surface area contributed by atoms with E-state index in [4.69, 9.17) is 9.47 Å². The van der Waals surface area contributed by atoms with Crippen molar-refractivity contribution in [2.75, 3.05) is 0 Å². The molecule has 0 N–H and O–H groups in total. The van der Waals surface area contributed by atoms with Crippen molar-refractivity contribution in [3.63, 3.8) is 0 Å². The van der Waals surface area contributed by atoms with Crippen LogP contribution in [-0.4, -0.2) is 17.7 Å². The fraction of sp³-hybridized carbons (Fsp3) is 0.211. The number of hydrogen-bond acceptors (Lipinski definition) is 5. The molecule has 24 heavy (non-hydrogen) atoms. The lowest BCUT2D eigenvalue weighted by Gasteiger charge is -2.15. The van der Waals surface area contributed by atoms with Gasteiger partial charge in [-0.25, -0.2) is 0 Å². The maximum Gasteiger partial charge on any atom is 0.308 e. The zero-order chi connectivity index (χ0) is 17.7. The molecule has 2 rings (SSSR count). The number of benzene rings is 2. The highest BCUT2D eigenvalue weighted by Crippen LogP contribution is 2.27. The first-order chi connectivity index (χ1) is 11.4. The number of esters is 2. The number of ether oxygens (including phenoxy) is 2.